The molecule has 0 atom stereocenters. The SMILES string of the molecule is COc1cc(C(=O)Nc2cnccn2)ccc1Nc1ncc2c(n1)N(C1CCCC1)CC(C)(C)C(=O)N2C. The molecule has 11 nitrogen and oxygen atoms in total. The Morgan fingerprint density at radius 2 is 1.92 bits per heavy atom. The van der Waals surface area contributed by atoms with E-state index < -0.39 is 5.41 Å². The van der Waals surface area contributed by atoms with Gasteiger partial charge in [0, 0.05) is 37.6 Å². The van der Waals surface area contributed by atoms with Gasteiger partial charge in [0.2, 0.25) is 11.9 Å². The molecule has 198 valence electrons. The van der Waals surface area contributed by atoms with Gasteiger partial charge in [-0.2, -0.15) is 4.98 Å². The Bertz CT molecular complexity index is 1340. The van der Waals surface area contributed by atoms with Crippen LogP contribution in [0, 0.1) is 5.41 Å². The number of rotatable bonds is 6. The molecule has 2 aliphatic rings. The number of hydrogen-bond donors (Lipinski definition) is 2. The summed E-state index contributed by atoms with van der Waals surface area (Å²) >= 11 is 0. The molecule has 1 aliphatic heterocycles. The van der Waals surface area contributed by atoms with E-state index in [0.717, 1.165) is 18.7 Å². The molecule has 0 unspecified atom stereocenters. The molecule has 2 aromatic heterocycles. The van der Waals surface area contributed by atoms with Gasteiger partial charge in [0.1, 0.15) is 11.4 Å². The molecule has 1 saturated carbocycles. The molecule has 0 spiro atoms. The average Bonchev–Trinajstić information content (AvgIpc) is 3.44. The average molecular weight is 517 g/mol. The smallest absolute Gasteiger partial charge is 0.256 e. The third-order valence-electron chi connectivity index (χ3n) is 7.11. The monoisotopic (exact) mass is 516 g/mol. The van der Waals surface area contributed by atoms with Crippen LogP contribution in [0.3, 0.4) is 0 Å². The molecule has 5 rings (SSSR count). The number of nitrogens with one attached hydrogen (secondary N) is 2. The number of carbonyl (C=O) groups is 2. The van der Waals surface area contributed by atoms with Gasteiger partial charge in [-0.15, -0.1) is 0 Å². The third-order valence-corrected chi connectivity index (χ3v) is 7.11. The van der Waals surface area contributed by atoms with Crippen LogP contribution in [0.5, 0.6) is 5.75 Å². The maximum absolute atomic E-state index is 13.2. The number of nitrogens with zero attached hydrogens (tertiary/aromatic N) is 6. The van der Waals surface area contributed by atoms with Crippen LogP contribution in [0.2, 0.25) is 0 Å². The molecule has 1 aromatic carbocycles. The fraction of sp³-hybridized carbons (Fsp3) is 0.407. The van der Waals surface area contributed by atoms with Crippen molar-refractivity contribution in [1.82, 2.24) is 19.9 Å². The summed E-state index contributed by atoms with van der Waals surface area (Å²) in [4.78, 5) is 47.3. The van der Waals surface area contributed by atoms with Crippen LogP contribution < -0.4 is 25.2 Å². The Balaban J connectivity index is 1.44. The predicted molar refractivity (Wildman–Crippen MR) is 145 cm³/mol. The van der Waals surface area contributed by atoms with E-state index in [1.165, 1.54) is 38.5 Å². The number of fused-ring (bicyclic) bond motifs is 1. The second kappa shape index (κ2) is 10.2. The molecule has 0 radical (unpaired) electrons. The summed E-state index contributed by atoms with van der Waals surface area (Å²) < 4.78 is 5.56. The Labute approximate surface area is 221 Å². The molecule has 2 amide bonds. The predicted octanol–water partition coefficient (Wildman–Crippen LogP) is 4.02. The minimum Gasteiger partial charge on any atom is -0.495 e. The van der Waals surface area contributed by atoms with Crippen LogP contribution in [0.4, 0.5) is 29.0 Å². The molecule has 3 heterocycles. The number of carbonyl (C=O) groups excluding carboxylic acids is 2. The van der Waals surface area contributed by atoms with Gasteiger partial charge in [-0.25, -0.2) is 9.97 Å². The van der Waals surface area contributed by atoms with Crippen LogP contribution in [0.15, 0.2) is 43.0 Å². The van der Waals surface area contributed by atoms with E-state index in [2.05, 4.69) is 30.5 Å². The number of amides is 2. The molecule has 0 saturated heterocycles. The fourth-order valence-electron chi connectivity index (χ4n) is 5.13. The lowest BCUT2D eigenvalue weighted by atomic mass is 9.91. The highest BCUT2D eigenvalue weighted by Gasteiger charge is 2.41. The molecule has 3 aromatic rings. The zero-order chi connectivity index (χ0) is 26.9. The molecule has 2 N–H and O–H groups in total. The lowest BCUT2D eigenvalue weighted by Crippen LogP contribution is -2.45. The van der Waals surface area contributed by atoms with Crippen molar-refractivity contribution in [2.75, 3.05) is 41.1 Å². The number of benzene rings is 1. The van der Waals surface area contributed by atoms with Crippen molar-refractivity contribution in [3.8, 4) is 5.75 Å². The number of ether oxygens (including phenoxy) is 1. The lowest BCUT2D eigenvalue weighted by Gasteiger charge is -2.34. The maximum atomic E-state index is 13.2. The summed E-state index contributed by atoms with van der Waals surface area (Å²) in [6, 6.07) is 5.39. The first-order chi connectivity index (χ1) is 18.3. The second-order valence-corrected chi connectivity index (χ2v) is 10.3. The van der Waals surface area contributed by atoms with Gasteiger partial charge in [0.25, 0.3) is 5.91 Å². The van der Waals surface area contributed by atoms with E-state index in [1.807, 2.05) is 13.8 Å². The minimum absolute atomic E-state index is 0.0422. The summed E-state index contributed by atoms with van der Waals surface area (Å²) in [5, 5.41) is 5.95. The van der Waals surface area contributed by atoms with Crippen molar-refractivity contribution >= 4 is 40.8 Å². The van der Waals surface area contributed by atoms with Crippen LogP contribution in [0.25, 0.3) is 0 Å². The second-order valence-electron chi connectivity index (χ2n) is 10.3. The minimum atomic E-state index is -0.559. The molecule has 1 fully saturated rings. The van der Waals surface area contributed by atoms with Crippen LogP contribution in [0.1, 0.15) is 49.9 Å². The van der Waals surface area contributed by atoms with Crippen molar-refractivity contribution < 1.29 is 14.3 Å². The summed E-state index contributed by atoms with van der Waals surface area (Å²) in [6.07, 6.45) is 10.7. The summed E-state index contributed by atoms with van der Waals surface area (Å²) in [5.41, 5.74) is 1.14. The third kappa shape index (κ3) is 4.96. The number of methoxy groups -OCH3 is 1. The quantitative estimate of drug-likeness (QED) is 0.499. The highest BCUT2D eigenvalue weighted by Crippen LogP contribution is 2.40. The Morgan fingerprint density at radius 3 is 2.63 bits per heavy atom. The Kier molecular flexibility index (Phi) is 6.83. The molecule has 11 heteroatoms. The summed E-state index contributed by atoms with van der Waals surface area (Å²) in [7, 11) is 3.32. The molecular formula is C27H32N8O3. The summed E-state index contributed by atoms with van der Waals surface area (Å²) in [5.74, 6) is 1.64. The maximum Gasteiger partial charge on any atom is 0.256 e. The first-order valence-electron chi connectivity index (χ1n) is 12.7. The van der Waals surface area contributed by atoms with E-state index in [4.69, 9.17) is 9.72 Å². The first kappa shape index (κ1) is 25.4. The van der Waals surface area contributed by atoms with Gasteiger partial charge in [-0.05, 0) is 44.9 Å². The van der Waals surface area contributed by atoms with Crippen LogP contribution >= 0.6 is 0 Å². The van der Waals surface area contributed by atoms with Crippen molar-refractivity contribution in [3.63, 3.8) is 0 Å². The van der Waals surface area contributed by atoms with Gasteiger partial charge < -0.3 is 25.2 Å². The van der Waals surface area contributed by atoms with E-state index in [0.29, 0.717) is 47.0 Å². The molecule has 1 aliphatic carbocycles. The van der Waals surface area contributed by atoms with E-state index in [-0.39, 0.29) is 11.8 Å². The van der Waals surface area contributed by atoms with E-state index >= 15 is 0 Å². The number of anilines is 5. The zero-order valence-corrected chi connectivity index (χ0v) is 22.1. The largest absolute Gasteiger partial charge is 0.495 e. The van der Waals surface area contributed by atoms with Crippen molar-refractivity contribution in [2.24, 2.45) is 5.41 Å². The zero-order valence-electron chi connectivity index (χ0n) is 22.1. The van der Waals surface area contributed by atoms with Crippen molar-refractivity contribution in [1.29, 1.82) is 0 Å². The molecule has 38 heavy (non-hydrogen) atoms. The standard InChI is InChI=1S/C27H32N8O3/c1-27(2)16-35(18-7-5-6-8-18)23-20(34(3)25(27)37)14-30-26(33-23)31-19-10-9-17(13-21(19)38-4)24(36)32-22-15-28-11-12-29-22/h9-15,18H,5-8,16H2,1-4H3,(H,29,32,36)(H,30,31,33). The Hall–Kier alpha value is -4.28. The van der Waals surface area contributed by atoms with Crippen molar-refractivity contribution in [3.05, 3.63) is 48.5 Å². The van der Waals surface area contributed by atoms with Gasteiger partial charge in [0.15, 0.2) is 11.6 Å². The van der Waals surface area contributed by atoms with Gasteiger partial charge in [0.05, 0.1) is 30.6 Å². The Morgan fingerprint density at radius 1 is 1.13 bits per heavy atom. The normalized spacial score (nSPS) is 17.1. The number of hydrogen-bond acceptors (Lipinski definition) is 9. The van der Waals surface area contributed by atoms with Gasteiger partial charge in [-0.3, -0.25) is 14.6 Å². The lowest BCUT2D eigenvalue weighted by molar-refractivity contribution is -0.125. The van der Waals surface area contributed by atoms with E-state index in [1.54, 1.807) is 36.3 Å². The van der Waals surface area contributed by atoms with Gasteiger partial charge >= 0.3 is 0 Å². The fourth-order valence-corrected chi connectivity index (χ4v) is 5.13. The highest BCUT2D eigenvalue weighted by atomic mass is 16.5. The highest BCUT2D eigenvalue weighted by molar-refractivity contribution is 6.04. The van der Waals surface area contributed by atoms with Crippen molar-refractivity contribution in [2.45, 2.75) is 45.6 Å². The molecular weight excluding hydrogens is 484 g/mol. The van der Waals surface area contributed by atoms with Crippen LogP contribution in [-0.4, -0.2) is 58.5 Å². The van der Waals surface area contributed by atoms with Crippen LogP contribution in [-0.2, 0) is 4.79 Å². The molecule has 0 bridgehead atoms. The van der Waals surface area contributed by atoms with E-state index in [9.17, 15) is 9.59 Å². The topological polar surface area (TPSA) is 125 Å². The first-order valence-corrected chi connectivity index (χ1v) is 12.7. The number of aromatic nitrogens is 4. The summed E-state index contributed by atoms with van der Waals surface area (Å²) in [6.45, 7) is 4.56. The van der Waals surface area contributed by atoms with Gasteiger partial charge in [-0.1, -0.05) is 12.8 Å².